The van der Waals surface area contributed by atoms with E-state index in [1.54, 1.807) is 0 Å². The van der Waals surface area contributed by atoms with Gasteiger partial charge in [0.2, 0.25) is 0 Å². The second-order valence-corrected chi connectivity index (χ2v) is 4.66. The van der Waals surface area contributed by atoms with Gasteiger partial charge in [-0.05, 0) is 0 Å². The standard InChI is InChI=1S/2C5H10N2O5/c2*8-1-6-3(10)4(11)7(2-9)5(6)12/h2*3-4,8-11H,1-2H2. The van der Waals surface area contributed by atoms with Crippen molar-refractivity contribution in [1.29, 1.82) is 0 Å². The van der Waals surface area contributed by atoms with Gasteiger partial charge in [-0.15, -0.1) is 0 Å². The maximum atomic E-state index is 11.0. The van der Waals surface area contributed by atoms with Crippen LogP contribution in [-0.4, -0.2) is 124 Å². The van der Waals surface area contributed by atoms with Crippen LogP contribution in [0.2, 0.25) is 0 Å². The Labute approximate surface area is 135 Å². The summed E-state index contributed by atoms with van der Waals surface area (Å²) in [6.07, 6.45) is -5.96. The lowest BCUT2D eigenvalue weighted by Crippen LogP contribution is -2.37. The summed E-state index contributed by atoms with van der Waals surface area (Å²) in [5.74, 6) is 0. The van der Waals surface area contributed by atoms with Gasteiger partial charge in [0, 0.05) is 0 Å². The first-order chi connectivity index (χ1) is 11.3. The monoisotopic (exact) mass is 356 g/mol. The number of hydrogen-bond acceptors (Lipinski definition) is 10. The van der Waals surface area contributed by atoms with Crippen LogP contribution in [0.3, 0.4) is 0 Å². The van der Waals surface area contributed by atoms with Crippen LogP contribution in [-0.2, 0) is 0 Å². The molecule has 0 aromatic heterocycles. The second-order valence-electron chi connectivity index (χ2n) is 4.66. The molecule has 2 heterocycles. The predicted molar refractivity (Wildman–Crippen MR) is 70.5 cm³/mol. The zero-order valence-corrected chi connectivity index (χ0v) is 12.3. The number of urea groups is 2. The van der Waals surface area contributed by atoms with Gasteiger partial charge in [-0.1, -0.05) is 0 Å². The lowest BCUT2D eigenvalue weighted by Gasteiger charge is -2.15. The van der Waals surface area contributed by atoms with Crippen molar-refractivity contribution in [3.05, 3.63) is 0 Å². The highest BCUT2D eigenvalue weighted by atomic mass is 16.4. The summed E-state index contributed by atoms with van der Waals surface area (Å²) in [7, 11) is 0. The van der Waals surface area contributed by atoms with Crippen LogP contribution < -0.4 is 0 Å². The zero-order chi connectivity index (χ0) is 18.6. The number of hydrogen-bond donors (Lipinski definition) is 8. The van der Waals surface area contributed by atoms with Gasteiger partial charge in [0.25, 0.3) is 0 Å². The topological polar surface area (TPSA) is 209 Å². The Bertz CT molecular complexity index is 377. The van der Waals surface area contributed by atoms with E-state index in [-0.39, 0.29) is 0 Å². The number of nitrogens with zero attached hydrogens (tertiary/aromatic N) is 4. The van der Waals surface area contributed by atoms with Crippen molar-refractivity contribution in [3.8, 4) is 0 Å². The summed E-state index contributed by atoms with van der Waals surface area (Å²) in [6, 6.07) is -1.61. The maximum absolute atomic E-state index is 11.0. The molecule has 0 aromatic rings. The van der Waals surface area contributed by atoms with Crippen LogP contribution in [0.5, 0.6) is 0 Å². The molecule has 2 fully saturated rings. The average molecular weight is 356 g/mol. The van der Waals surface area contributed by atoms with E-state index in [4.69, 9.17) is 40.9 Å². The van der Waals surface area contributed by atoms with Gasteiger partial charge >= 0.3 is 12.1 Å². The van der Waals surface area contributed by atoms with Crippen LogP contribution in [0.1, 0.15) is 0 Å². The molecule has 2 rings (SSSR count). The van der Waals surface area contributed by atoms with Crippen molar-refractivity contribution in [2.75, 3.05) is 26.9 Å². The molecule has 2 aliphatic heterocycles. The van der Waals surface area contributed by atoms with Crippen LogP contribution in [0.25, 0.3) is 0 Å². The second kappa shape index (κ2) is 8.36. The molecule has 4 amide bonds. The van der Waals surface area contributed by atoms with Crippen molar-refractivity contribution in [3.63, 3.8) is 0 Å². The Balaban J connectivity index is 0.000000240. The van der Waals surface area contributed by atoms with Crippen molar-refractivity contribution >= 4 is 12.1 Å². The first kappa shape index (κ1) is 20.3. The SMILES string of the molecule is O=C1N(CO)C(O)C(O)N1CO.O=C1N(CO)C(O)C(O)N1CO. The van der Waals surface area contributed by atoms with Crippen molar-refractivity contribution < 1.29 is 50.4 Å². The molecule has 2 aliphatic rings. The Morgan fingerprint density at radius 3 is 0.792 bits per heavy atom. The van der Waals surface area contributed by atoms with Gasteiger partial charge in [-0.25, -0.2) is 9.59 Å². The number of carbonyl (C=O) groups is 2. The number of aliphatic hydroxyl groups is 8. The Kier molecular flexibility index (Phi) is 7.06. The zero-order valence-electron chi connectivity index (χ0n) is 12.3. The van der Waals surface area contributed by atoms with E-state index in [0.717, 1.165) is 0 Å². The van der Waals surface area contributed by atoms with Crippen LogP contribution >= 0.6 is 0 Å². The highest BCUT2D eigenvalue weighted by Gasteiger charge is 2.44. The van der Waals surface area contributed by atoms with E-state index in [1.165, 1.54) is 0 Å². The Morgan fingerprint density at radius 2 is 0.708 bits per heavy atom. The minimum Gasteiger partial charge on any atom is -0.376 e. The molecule has 8 N–H and O–H groups in total. The fourth-order valence-electron chi connectivity index (χ4n) is 2.00. The Morgan fingerprint density at radius 1 is 0.542 bits per heavy atom. The van der Waals surface area contributed by atoms with Crippen molar-refractivity contribution in [2.45, 2.75) is 24.9 Å². The minimum atomic E-state index is -1.49. The summed E-state index contributed by atoms with van der Waals surface area (Å²) in [6.45, 7) is -2.80. The Hall–Kier alpha value is -1.78. The molecule has 140 valence electrons. The fourth-order valence-corrected chi connectivity index (χ4v) is 2.00. The first-order valence-corrected chi connectivity index (χ1v) is 6.56. The highest BCUT2D eigenvalue weighted by Crippen LogP contribution is 2.18. The molecule has 0 spiro atoms. The predicted octanol–water partition coefficient (Wildman–Crippen LogP) is -5.48. The number of aliphatic hydroxyl groups excluding tert-OH is 8. The smallest absolute Gasteiger partial charge is 0.328 e. The summed E-state index contributed by atoms with van der Waals surface area (Å²) >= 11 is 0. The van der Waals surface area contributed by atoms with Gasteiger partial charge in [0.05, 0.1) is 0 Å². The molecule has 0 aliphatic carbocycles. The lowest BCUT2D eigenvalue weighted by atomic mass is 10.5. The highest BCUT2D eigenvalue weighted by molar-refractivity contribution is 5.77. The summed E-state index contributed by atoms with van der Waals surface area (Å²) in [5, 5.41) is 70.5. The maximum Gasteiger partial charge on any atom is 0.328 e. The van der Waals surface area contributed by atoms with E-state index in [9.17, 15) is 9.59 Å². The van der Waals surface area contributed by atoms with E-state index in [1.807, 2.05) is 0 Å². The molecule has 2 saturated heterocycles. The third kappa shape index (κ3) is 3.50. The summed E-state index contributed by atoms with van der Waals surface area (Å²) < 4.78 is 0. The van der Waals surface area contributed by atoms with E-state index >= 15 is 0 Å². The molecule has 14 nitrogen and oxygen atoms in total. The molecular formula is C10H20N4O10. The number of carbonyl (C=O) groups excluding carboxylic acids is 2. The van der Waals surface area contributed by atoms with Crippen molar-refractivity contribution in [1.82, 2.24) is 19.6 Å². The third-order valence-corrected chi connectivity index (χ3v) is 3.40. The van der Waals surface area contributed by atoms with Gasteiger partial charge in [-0.2, -0.15) is 0 Å². The molecule has 4 atom stereocenters. The molecule has 14 heteroatoms. The van der Waals surface area contributed by atoms with Crippen LogP contribution in [0.4, 0.5) is 9.59 Å². The molecule has 0 aromatic carbocycles. The largest absolute Gasteiger partial charge is 0.376 e. The molecule has 24 heavy (non-hydrogen) atoms. The van der Waals surface area contributed by atoms with E-state index < -0.39 is 63.9 Å². The van der Waals surface area contributed by atoms with Crippen LogP contribution in [0.15, 0.2) is 0 Å². The molecule has 0 saturated carbocycles. The average Bonchev–Trinajstić information content (AvgIpc) is 2.90. The molecule has 0 bridgehead atoms. The number of rotatable bonds is 4. The summed E-state index contributed by atoms with van der Waals surface area (Å²) in [5.41, 5.74) is 0. The quantitative estimate of drug-likeness (QED) is 0.239. The first-order valence-electron chi connectivity index (χ1n) is 6.56. The van der Waals surface area contributed by atoms with Gasteiger partial charge in [-0.3, -0.25) is 19.6 Å². The minimum absolute atomic E-state index is 0.626. The van der Waals surface area contributed by atoms with E-state index in [2.05, 4.69) is 0 Å². The van der Waals surface area contributed by atoms with Gasteiger partial charge < -0.3 is 40.9 Å². The summed E-state index contributed by atoms with van der Waals surface area (Å²) in [4.78, 5) is 24.5. The third-order valence-electron chi connectivity index (χ3n) is 3.40. The van der Waals surface area contributed by atoms with E-state index in [0.29, 0.717) is 19.6 Å². The van der Waals surface area contributed by atoms with Gasteiger partial charge in [0.15, 0.2) is 24.9 Å². The molecule has 4 unspecified atom stereocenters. The van der Waals surface area contributed by atoms with Crippen LogP contribution in [0, 0.1) is 0 Å². The molecule has 0 radical (unpaired) electrons. The fraction of sp³-hybridized carbons (Fsp3) is 0.800. The van der Waals surface area contributed by atoms with Gasteiger partial charge in [0.1, 0.15) is 26.9 Å². The lowest BCUT2D eigenvalue weighted by molar-refractivity contribution is -0.0924. The molecular weight excluding hydrogens is 336 g/mol. The number of amides is 4. The van der Waals surface area contributed by atoms with Crippen molar-refractivity contribution in [2.24, 2.45) is 0 Å². The normalized spacial score (nSPS) is 30.2.